The number of carbonyl (C=O) groups excluding carboxylic acids is 2. The van der Waals surface area contributed by atoms with Gasteiger partial charge in [0.15, 0.2) is 0 Å². The highest BCUT2D eigenvalue weighted by molar-refractivity contribution is 7.85. The van der Waals surface area contributed by atoms with Gasteiger partial charge in [0.2, 0.25) is 5.91 Å². The molecule has 4 atom stereocenters. The summed E-state index contributed by atoms with van der Waals surface area (Å²) in [5, 5.41) is 22.5. The van der Waals surface area contributed by atoms with E-state index in [9.17, 15) is 28.2 Å². The van der Waals surface area contributed by atoms with E-state index < -0.39 is 39.9 Å². The summed E-state index contributed by atoms with van der Waals surface area (Å²) >= 11 is 0. The maximum absolute atomic E-state index is 12.2. The molecular formula is C20H33NO7S. The molecule has 0 aromatic heterocycles. The summed E-state index contributed by atoms with van der Waals surface area (Å²) in [6.45, 7) is 1.91. The molecule has 8 nitrogen and oxygen atoms in total. The van der Waals surface area contributed by atoms with Crippen molar-refractivity contribution in [2.24, 2.45) is 11.8 Å². The Morgan fingerprint density at radius 2 is 2.03 bits per heavy atom. The quantitative estimate of drug-likeness (QED) is 0.196. The van der Waals surface area contributed by atoms with E-state index in [1.54, 1.807) is 24.3 Å². The van der Waals surface area contributed by atoms with Gasteiger partial charge >= 0.3 is 0 Å². The number of ketones is 1. The summed E-state index contributed by atoms with van der Waals surface area (Å²) in [6, 6.07) is 0. The molecule has 0 spiro atoms. The second-order valence-corrected chi connectivity index (χ2v) is 8.99. The number of amides is 1. The van der Waals surface area contributed by atoms with E-state index in [4.69, 9.17) is 4.55 Å². The van der Waals surface area contributed by atoms with Crippen LogP contribution in [0.5, 0.6) is 0 Å². The van der Waals surface area contributed by atoms with Gasteiger partial charge in [-0.3, -0.25) is 14.1 Å². The Balaban J connectivity index is 2.47. The Hall–Kier alpha value is -1.55. The van der Waals surface area contributed by atoms with Crippen LogP contribution in [0.25, 0.3) is 0 Å². The molecule has 0 aromatic rings. The van der Waals surface area contributed by atoms with Gasteiger partial charge in [0.1, 0.15) is 5.78 Å². The third kappa shape index (κ3) is 10.7. The molecule has 0 radical (unpaired) electrons. The fraction of sp³-hybridized carbons (Fsp3) is 0.700. The molecule has 0 aliphatic heterocycles. The van der Waals surface area contributed by atoms with Crippen LogP contribution in [0.2, 0.25) is 0 Å². The predicted octanol–water partition coefficient (Wildman–Crippen LogP) is 1.39. The average Bonchev–Trinajstić information content (AvgIpc) is 2.89. The number of hydrogen-bond donors (Lipinski definition) is 4. The normalized spacial score (nSPS) is 23.9. The second kappa shape index (κ2) is 12.9. The molecule has 9 heteroatoms. The maximum Gasteiger partial charge on any atom is 0.266 e. The van der Waals surface area contributed by atoms with E-state index in [0.29, 0.717) is 12.8 Å². The molecule has 1 aliphatic rings. The van der Waals surface area contributed by atoms with Gasteiger partial charge in [-0.1, -0.05) is 50.5 Å². The lowest BCUT2D eigenvalue weighted by Crippen LogP contribution is -2.28. The van der Waals surface area contributed by atoms with Crippen molar-refractivity contribution in [2.45, 2.75) is 64.1 Å². The number of unbranched alkanes of at least 4 members (excludes halogenated alkanes) is 2. The van der Waals surface area contributed by atoms with E-state index >= 15 is 0 Å². The van der Waals surface area contributed by atoms with Gasteiger partial charge < -0.3 is 15.5 Å². The first kappa shape index (κ1) is 25.5. The van der Waals surface area contributed by atoms with E-state index in [1.807, 2.05) is 0 Å². The highest BCUT2D eigenvalue weighted by atomic mass is 32.2. The molecule has 1 amide bonds. The molecular weight excluding hydrogens is 398 g/mol. The fourth-order valence-electron chi connectivity index (χ4n) is 3.31. The molecule has 1 aliphatic carbocycles. The van der Waals surface area contributed by atoms with Gasteiger partial charge in [0.25, 0.3) is 10.1 Å². The molecule has 0 bridgehead atoms. The molecule has 0 heterocycles. The summed E-state index contributed by atoms with van der Waals surface area (Å²) in [5.74, 6) is -1.75. The Labute approximate surface area is 172 Å². The van der Waals surface area contributed by atoms with Crippen molar-refractivity contribution in [1.29, 1.82) is 0 Å². The SMILES string of the molecule is CCCCC[C@H](O)/C=C/[C@H]1[C@H](O)CC(=O)[C@@H]1C/C=C\CC(=O)NCCS(=O)(=O)O. The lowest BCUT2D eigenvalue weighted by molar-refractivity contribution is -0.121. The largest absolute Gasteiger partial charge is 0.392 e. The van der Waals surface area contributed by atoms with E-state index in [1.165, 1.54) is 0 Å². The van der Waals surface area contributed by atoms with Crippen LogP contribution in [-0.4, -0.2) is 59.4 Å². The lowest BCUT2D eigenvalue weighted by Gasteiger charge is -2.16. The van der Waals surface area contributed by atoms with Gasteiger partial charge in [-0.2, -0.15) is 8.42 Å². The minimum atomic E-state index is -4.11. The zero-order valence-corrected chi connectivity index (χ0v) is 17.7. The summed E-state index contributed by atoms with van der Waals surface area (Å²) < 4.78 is 29.8. The molecule has 0 unspecified atom stereocenters. The van der Waals surface area contributed by atoms with Crippen LogP contribution in [0.3, 0.4) is 0 Å². The maximum atomic E-state index is 12.2. The fourth-order valence-corrected chi connectivity index (χ4v) is 3.67. The number of carbonyl (C=O) groups is 2. The summed E-state index contributed by atoms with van der Waals surface area (Å²) in [5.41, 5.74) is 0. The van der Waals surface area contributed by atoms with Crippen LogP contribution in [0.1, 0.15) is 51.9 Å². The van der Waals surface area contributed by atoms with Gasteiger partial charge in [-0.15, -0.1) is 0 Å². The molecule has 0 aromatic carbocycles. The molecule has 1 saturated carbocycles. The van der Waals surface area contributed by atoms with Crippen LogP contribution < -0.4 is 5.32 Å². The zero-order chi connectivity index (χ0) is 21.9. The second-order valence-electron chi connectivity index (χ2n) is 7.42. The Morgan fingerprint density at radius 3 is 2.69 bits per heavy atom. The highest BCUT2D eigenvalue weighted by Gasteiger charge is 2.39. The third-order valence-electron chi connectivity index (χ3n) is 4.93. The average molecular weight is 432 g/mol. The van der Waals surface area contributed by atoms with Crippen LogP contribution in [0.15, 0.2) is 24.3 Å². The number of allylic oxidation sites excluding steroid dienone is 1. The molecule has 1 fully saturated rings. The number of hydrogen-bond acceptors (Lipinski definition) is 6. The number of rotatable bonds is 13. The third-order valence-corrected chi connectivity index (χ3v) is 5.65. The number of nitrogens with one attached hydrogen (secondary N) is 1. The topological polar surface area (TPSA) is 141 Å². The molecule has 29 heavy (non-hydrogen) atoms. The first-order chi connectivity index (χ1) is 13.6. The molecule has 166 valence electrons. The van der Waals surface area contributed by atoms with Crippen molar-refractivity contribution < 1.29 is 32.8 Å². The first-order valence-electron chi connectivity index (χ1n) is 10.1. The van der Waals surface area contributed by atoms with E-state index in [0.717, 1.165) is 19.3 Å². The Kier molecular flexibility index (Phi) is 11.3. The lowest BCUT2D eigenvalue weighted by atomic mass is 9.90. The monoisotopic (exact) mass is 431 g/mol. The van der Waals surface area contributed by atoms with Crippen LogP contribution >= 0.6 is 0 Å². The van der Waals surface area contributed by atoms with Crippen molar-refractivity contribution in [1.82, 2.24) is 5.32 Å². The predicted molar refractivity (Wildman–Crippen MR) is 110 cm³/mol. The minimum absolute atomic E-state index is 0.0194. The minimum Gasteiger partial charge on any atom is -0.392 e. The van der Waals surface area contributed by atoms with Crippen LogP contribution in [-0.2, 0) is 19.7 Å². The Morgan fingerprint density at radius 1 is 1.31 bits per heavy atom. The zero-order valence-electron chi connectivity index (χ0n) is 16.9. The number of Topliss-reactive ketones (excluding diaryl/α,β-unsaturated/α-hetero) is 1. The van der Waals surface area contributed by atoms with E-state index in [2.05, 4.69) is 12.2 Å². The van der Waals surface area contributed by atoms with Crippen molar-refractivity contribution in [3.8, 4) is 0 Å². The first-order valence-corrected chi connectivity index (χ1v) is 11.7. The van der Waals surface area contributed by atoms with Crippen molar-refractivity contribution >= 4 is 21.8 Å². The van der Waals surface area contributed by atoms with Gasteiger partial charge in [0.05, 0.1) is 18.0 Å². The van der Waals surface area contributed by atoms with Crippen LogP contribution in [0, 0.1) is 11.8 Å². The van der Waals surface area contributed by atoms with Crippen LogP contribution in [0.4, 0.5) is 0 Å². The summed E-state index contributed by atoms with van der Waals surface area (Å²) in [7, 11) is -4.11. The van der Waals surface area contributed by atoms with E-state index in [-0.39, 0.29) is 31.1 Å². The van der Waals surface area contributed by atoms with Gasteiger partial charge in [-0.25, -0.2) is 0 Å². The smallest absolute Gasteiger partial charge is 0.266 e. The number of aliphatic hydroxyl groups excluding tert-OH is 2. The Bertz CT molecular complexity index is 687. The molecule has 4 N–H and O–H groups in total. The van der Waals surface area contributed by atoms with Gasteiger partial charge in [-0.05, 0) is 12.8 Å². The summed E-state index contributed by atoms with van der Waals surface area (Å²) in [4.78, 5) is 23.8. The number of aliphatic hydroxyl groups is 2. The molecule has 0 saturated heterocycles. The standard InChI is InChI=1S/C20H33NO7S/c1-2-3-4-7-15(22)10-11-17-16(18(23)14-19(17)24)8-5-6-9-20(25)21-12-13-29(26,27)28/h5-6,10-11,15-17,19,22,24H,2-4,7-9,12-14H2,1H3,(H,21,25)(H,26,27,28)/b6-5-,11-10+/t15-,16+,17+,19+/m0/s1. The summed E-state index contributed by atoms with van der Waals surface area (Å²) in [6.07, 6.45) is 9.46. The highest BCUT2D eigenvalue weighted by Crippen LogP contribution is 2.33. The van der Waals surface area contributed by atoms with Crippen molar-refractivity contribution in [2.75, 3.05) is 12.3 Å². The van der Waals surface area contributed by atoms with Crippen molar-refractivity contribution in [3.05, 3.63) is 24.3 Å². The van der Waals surface area contributed by atoms with Crippen molar-refractivity contribution in [3.63, 3.8) is 0 Å². The molecule has 1 rings (SSSR count). The van der Waals surface area contributed by atoms with Gasteiger partial charge in [0, 0.05) is 31.2 Å².